The minimum absolute atomic E-state index is 0.0212. The number of nitrogens with two attached hydrogens (primary N) is 1. The van der Waals surface area contributed by atoms with E-state index in [4.69, 9.17) is 5.73 Å². The van der Waals surface area contributed by atoms with Gasteiger partial charge < -0.3 is 16.2 Å². The fourth-order valence-corrected chi connectivity index (χ4v) is 5.38. The molecular formula is C27H28F2N2O2. The van der Waals surface area contributed by atoms with Crippen molar-refractivity contribution >= 4 is 11.8 Å². The molecule has 1 aliphatic rings. The summed E-state index contributed by atoms with van der Waals surface area (Å²) in [5, 5.41) is 12.2. The lowest BCUT2D eigenvalue weighted by Gasteiger charge is -2.47. The average Bonchev–Trinajstić information content (AvgIpc) is 3.03. The van der Waals surface area contributed by atoms with Crippen LogP contribution in [0.1, 0.15) is 37.5 Å². The van der Waals surface area contributed by atoms with Gasteiger partial charge in [-0.25, -0.2) is 13.6 Å². The second-order valence-electron chi connectivity index (χ2n) is 9.81. The number of fused-ring (bicyclic) bond motifs is 1. The fourth-order valence-electron chi connectivity index (χ4n) is 5.38. The summed E-state index contributed by atoms with van der Waals surface area (Å²) in [6.07, 6.45) is -0.670. The molecule has 0 aromatic heterocycles. The van der Waals surface area contributed by atoms with Gasteiger partial charge in [0.1, 0.15) is 11.6 Å². The van der Waals surface area contributed by atoms with E-state index in [1.165, 1.54) is 12.1 Å². The monoisotopic (exact) mass is 450 g/mol. The van der Waals surface area contributed by atoms with Gasteiger partial charge in [-0.05, 0) is 64.8 Å². The van der Waals surface area contributed by atoms with Crippen molar-refractivity contribution in [3.8, 4) is 11.1 Å². The first-order valence-corrected chi connectivity index (χ1v) is 10.9. The molecule has 0 heterocycles. The Labute approximate surface area is 192 Å². The molecule has 3 aromatic carbocycles. The lowest BCUT2D eigenvalue weighted by atomic mass is 9.58. The highest BCUT2D eigenvalue weighted by Gasteiger charge is 2.55. The zero-order valence-corrected chi connectivity index (χ0v) is 19.0. The van der Waals surface area contributed by atoms with Gasteiger partial charge in [0.2, 0.25) is 0 Å². The van der Waals surface area contributed by atoms with Crippen LogP contribution in [0.4, 0.5) is 19.3 Å². The highest BCUT2D eigenvalue weighted by molar-refractivity contribution is 5.68. The molecule has 4 N–H and O–H groups in total. The second-order valence-corrected chi connectivity index (χ2v) is 9.81. The van der Waals surface area contributed by atoms with Gasteiger partial charge in [-0.15, -0.1) is 0 Å². The Morgan fingerprint density at radius 1 is 1.06 bits per heavy atom. The zero-order valence-electron chi connectivity index (χ0n) is 19.0. The maximum absolute atomic E-state index is 15.5. The average molecular weight is 451 g/mol. The number of anilines is 1. The Bertz CT molecular complexity index is 1200. The number of carbonyl (C=O) groups is 1. The fraction of sp³-hybridized carbons (Fsp3) is 0.296. The zero-order chi connectivity index (χ0) is 24.0. The number of hydrogen-bond acceptors (Lipinski definition) is 2. The molecule has 0 saturated heterocycles. The van der Waals surface area contributed by atoms with Crippen LogP contribution in [0.5, 0.6) is 0 Å². The number of benzene rings is 3. The Morgan fingerprint density at radius 3 is 2.33 bits per heavy atom. The lowest BCUT2D eigenvalue weighted by molar-refractivity contribution is 0.126. The molecular weight excluding hydrogens is 422 g/mol. The Kier molecular flexibility index (Phi) is 5.64. The predicted molar refractivity (Wildman–Crippen MR) is 126 cm³/mol. The summed E-state index contributed by atoms with van der Waals surface area (Å²) in [5.41, 5.74) is 7.89. The summed E-state index contributed by atoms with van der Waals surface area (Å²) in [7, 11) is 0. The van der Waals surface area contributed by atoms with E-state index in [-0.39, 0.29) is 12.0 Å². The summed E-state index contributed by atoms with van der Waals surface area (Å²) in [6.45, 7) is 5.97. The van der Waals surface area contributed by atoms with Crippen LogP contribution in [0.15, 0.2) is 60.7 Å². The molecule has 2 atom stereocenters. The molecule has 0 fully saturated rings. The molecule has 2 unspecified atom stereocenters. The van der Waals surface area contributed by atoms with Gasteiger partial charge in [-0.3, -0.25) is 0 Å². The highest BCUT2D eigenvalue weighted by atomic mass is 19.1. The van der Waals surface area contributed by atoms with Crippen LogP contribution in [0.3, 0.4) is 0 Å². The number of carboxylic acid groups (broad SMARTS) is 1. The van der Waals surface area contributed by atoms with Gasteiger partial charge in [-0.2, -0.15) is 0 Å². The number of amides is 1. The van der Waals surface area contributed by atoms with Crippen molar-refractivity contribution in [2.75, 3.05) is 5.73 Å². The van der Waals surface area contributed by atoms with E-state index < -0.39 is 34.6 Å². The maximum atomic E-state index is 15.5. The SMILES string of the molecule is CC(C)(C)C1(Cc2c(F)cc(-c3cccc(N)c3)cc2F)c2ccccc2CC1NC(=O)O. The number of nitrogen functional groups attached to an aromatic ring is 1. The van der Waals surface area contributed by atoms with Crippen molar-refractivity contribution in [3.63, 3.8) is 0 Å². The van der Waals surface area contributed by atoms with E-state index in [2.05, 4.69) is 5.32 Å². The first-order valence-electron chi connectivity index (χ1n) is 10.9. The van der Waals surface area contributed by atoms with Crippen LogP contribution in [0.25, 0.3) is 11.1 Å². The molecule has 0 saturated carbocycles. The first kappa shape index (κ1) is 22.8. The Balaban J connectivity index is 1.86. The van der Waals surface area contributed by atoms with E-state index in [1.807, 2.05) is 45.0 Å². The summed E-state index contributed by atoms with van der Waals surface area (Å²) in [4.78, 5) is 11.7. The van der Waals surface area contributed by atoms with Gasteiger partial charge in [0.15, 0.2) is 0 Å². The van der Waals surface area contributed by atoms with Gasteiger partial charge >= 0.3 is 6.09 Å². The van der Waals surface area contributed by atoms with Crippen molar-refractivity contribution in [1.29, 1.82) is 0 Å². The minimum Gasteiger partial charge on any atom is -0.465 e. The van der Waals surface area contributed by atoms with Gasteiger partial charge in [0, 0.05) is 22.7 Å². The van der Waals surface area contributed by atoms with Crippen molar-refractivity contribution < 1.29 is 18.7 Å². The Hall–Kier alpha value is -3.41. The van der Waals surface area contributed by atoms with Crippen molar-refractivity contribution in [2.45, 2.75) is 45.1 Å². The quantitative estimate of drug-likeness (QED) is 0.431. The molecule has 0 radical (unpaired) electrons. The van der Waals surface area contributed by atoms with E-state index in [0.717, 1.165) is 11.1 Å². The number of nitrogens with one attached hydrogen (secondary N) is 1. The molecule has 4 nitrogen and oxygen atoms in total. The standard InChI is InChI=1S/C27H28F2N2O2/c1-26(2,3)27(21-10-5-4-7-17(21)14-24(27)31-25(32)33)15-20-22(28)12-18(13-23(20)29)16-8-6-9-19(30)11-16/h4-13,24,31H,14-15,30H2,1-3H3,(H,32,33). The molecule has 33 heavy (non-hydrogen) atoms. The van der Waals surface area contributed by atoms with Gasteiger partial charge in [0.05, 0.1) is 0 Å². The molecule has 0 aliphatic heterocycles. The summed E-state index contributed by atoms with van der Waals surface area (Å²) < 4.78 is 30.9. The first-order chi connectivity index (χ1) is 15.5. The highest BCUT2D eigenvalue weighted by Crippen LogP contribution is 2.53. The van der Waals surface area contributed by atoms with E-state index >= 15 is 8.78 Å². The normalized spacial score (nSPS) is 19.8. The topological polar surface area (TPSA) is 75.3 Å². The van der Waals surface area contributed by atoms with Crippen molar-refractivity contribution in [1.82, 2.24) is 5.32 Å². The van der Waals surface area contributed by atoms with Gasteiger partial charge in [-0.1, -0.05) is 57.2 Å². The minimum atomic E-state index is -1.15. The van der Waals surface area contributed by atoms with Crippen LogP contribution in [0.2, 0.25) is 0 Å². The summed E-state index contributed by atoms with van der Waals surface area (Å²) in [5.74, 6) is -1.32. The van der Waals surface area contributed by atoms with E-state index in [0.29, 0.717) is 23.2 Å². The third-order valence-electron chi connectivity index (χ3n) is 6.97. The molecule has 1 amide bonds. The summed E-state index contributed by atoms with van der Waals surface area (Å²) in [6, 6.07) is 16.7. The molecule has 0 bridgehead atoms. The van der Waals surface area contributed by atoms with Crippen LogP contribution >= 0.6 is 0 Å². The van der Waals surface area contributed by atoms with Crippen molar-refractivity contribution in [3.05, 3.63) is 89.0 Å². The number of rotatable bonds is 4. The lowest BCUT2D eigenvalue weighted by Crippen LogP contribution is -2.56. The molecule has 0 spiro atoms. The molecule has 1 aliphatic carbocycles. The Morgan fingerprint density at radius 2 is 1.73 bits per heavy atom. The smallest absolute Gasteiger partial charge is 0.404 e. The predicted octanol–water partition coefficient (Wildman–Crippen LogP) is 5.93. The van der Waals surface area contributed by atoms with Crippen molar-refractivity contribution in [2.24, 2.45) is 5.41 Å². The van der Waals surface area contributed by atoms with Crippen LogP contribution in [0, 0.1) is 17.0 Å². The molecule has 6 heteroatoms. The molecule has 4 rings (SSSR count). The van der Waals surface area contributed by atoms with E-state index in [9.17, 15) is 9.90 Å². The largest absolute Gasteiger partial charge is 0.465 e. The summed E-state index contributed by atoms with van der Waals surface area (Å²) >= 11 is 0. The van der Waals surface area contributed by atoms with Gasteiger partial charge in [0.25, 0.3) is 0 Å². The molecule has 3 aromatic rings. The number of hydrogen-bond donors (Lipinski definition) is 3. The van der Waals surface area contributed by atoms with Crippen LogP contribution in [-0.2, 0) is 18.3 Å². The second kappa shape index (κ2) is 8.18. The van der Waals surface area contributed by atoms with Crippen LogP contribution < -0.4 is 11.1 Å². The van der Waals surface area contributed by atoms with Crippen LogP contribution in [-0.4, -0.2) is 17.2 Å². The third-order valence-corrected chi connectivity index (χ3v) is 6.97. The van der Waals surface area contributed by atoms with E-state index in [1.54, 1.807) is 24.3 Å². The number of halogens is 2. The molecule has 172 valence electrons. The third kappa shape index (κ3) is 3.94. The maximum Gasteiger partial charge on any atom is 0.404 e.